The zero-order chi connectivity index (χ0) is 14.4. The van der Waals surface area contributed by atoms with E-state index in [0.29, 0.717) is 0 Å². The third-order valence-electron chi connectivity index (χ3n) is 2.81. The number of carboxylic acids is 1. The maximum Gasteiger partial charge on any atom is 0.430 e. The van der Waals surface area contributed by atoms with Crippen LogP contribution in [-0.2, 0) is 4.79 Å². The number of hydrogen-bond acceptors (Lipinski definition) is 3. The average Bonchev–Trinajstić information content (AvgIpc) is 2.26. The van der Waals surface area contributed by atoms with Crippen molar-refractivity contribution in [2.45, 2.75) is 19.2 Å². The third-order valence-corrected chi connectivity index (χ3v) is 2.81. The first-order valence-electron chi connectivity index (χ1n) is 5.22. The number of aromatic hydroxyl groups is 1. The predicted octanol–water partition coefficient (Wildman–Crippen LogP) is 2.57. The summed E-state index contributed by atoms with van der Waals surface area (Å²) in [6.07, 6.45) is -7.39. The van der Waals surface area contributed by atoms with E-state index < -0.39 is 23.8 Å². The van der Waals surface area contributed by atoms with E-state index in [1.54, 1.807) is 0 Å². The van der Waals surface area contributed by atoms with Crippen molar-refractivity contribution in [2.24, 2.45) is 0 Å². The van der Waals surface area contributed by atoms with Crippen molar-refractivity contribution >= 4 is 11.5 Å². The second-order valence-electron chi connectivity index (χ2n) is 4.06. The van der Waals surface area contributed by atoms with Crippen LogP contribution in [0.15, 0.2) is 23.8 Å². The van der Waals surface area contributed by atoms with E-state index in [1.165, 1.54) is 19.1 Å². The van der Waals surface area contributed by atoms with Crippen molar-refractivity contribution in [1.29, 1.82) is 0 Å². The number of fused-ring (bicyclic) bond motifs is 1. The summed E-state index contributed by atoms with van der Waals surface area (Å²) < 4.78 is 43.2. The van der Waals surface area contributed by atoms with Gasteiger partial charge in [0.1, 0.15) is 11.5 Å². The predicted molar refractivity (Wildman–Crippen MR) is 58.8 cm³/mol. The molecule has 1 heterocycles. The molecule has 19 heavy (non-hydrogen) atoms. The number of phenolic OH excluding ortho intramolecular Hbond substituents is 1. The number of rotatable bonds is 1. The van der Waals surface area contributed by atoms with Gasteiger partial charge >= 0.3 is 12.1 Å². The van der Waals surface area contributed by atoms with Crippen LogP contribution in [0.1, 0.15) is 12.5 Å². The molecule has 1 aliphatic rings. The molecule has 0 saturated carbocycles. The average molecular weight is 274 g/mol. The van der Waals surface area contributed by atoms with E-state index in [-0.39, 0.29) is 22.6 Å². The van der Waals surface area contributed by atoms with Crippen molar-refractivity contribution < 1.29 is 32.9 Å². The lowest BCUT2D eigenvalue weighted by molar-refractivity contribution is -0.187. The summed E-state index contributed by atoms with van der Waals surface area (Å²) in [6.45, 7) is 1.28. The Labute approximate surface area is 105 Å². The SMILES string of the molecule is CC1=C(C(=O)O)C(C(F)(F)F)Oc2cc(O)ccc21. The van der Waals surface area contributed by atoms with E-state index in [1.807, 2.05) is 0 Å². The molecule has 2 N–H and O–H groups in total. The number of carbonyl (C=O) groups is 1. The van der Waals surface area contributed by atoms with Crippen LogP contribution in [0.25, 0.3) is 5.57 Å². The maximum absolute atomic E-state index is 12.8. The number of ether oxygens (including phenoxy) is 1. The second kappa shape index (κ2) is 4.18. The largest absolute Gasteiger partial charge is 0.508 e. The zero-order valence-corrected chi connectivity index (χ0v) is 9.65. The Kier molecular flexibility index (Phi) is 2.92. The monoisotopic (exact) mass is 274 g/mol. The van der Waals surface area contributed by atoms with Gasteiger partial charge in [0, 0.05) is 11.6 Å². The number of halogens is 3. The van der Waals surface area contributed by atoms with Gasteiger partial charge in [0.05, 0.1) is 5.57 Å². The summed E-state index contributed by atoms with van der Waals surface area (Å²) in [5.41, 5.74) is -0.655. The van der Waals surface area contributed by atoms with Gasteiger partial charge in [-0.1, -0.05) is 0 Å². The fourth-order valence-corrected chi connectivity index (χ4v) is 1.95. The van der Waals surface area contributed by atoms with Crippen LogP contribution in [0.3, 0.4) is 0 Å². The van der Waals surface area contributed by atoms with Crippen LogP contribution >= 0.6 is 0 Å². The van der Waals surface area contributed by atoms with Gasteiger partial charge in [-0.3, -0.25) is 0 Å². The number of aliphatic carboxylic acids is 1. The highest BCUT2D eigenvalue weighted by Crippen LogP contribution is 2.42. The number of benzene rings is 1. The highest BCUT2D eigenvalue weighted by molar-refractivity contribution is 5.99. The summed E-state index contributed by atoms with van der Waals surface area (Å²) in [4.78, 5) is 11.0. The number of carboxylic acid groups (broad SMARTS) is 1. The van der Waals surface area contributed by atoms with Gasteiger partial charge in [-0.05, 0) is 24.6 Å². The van der Waals surface area contributed by atoms with E-state index in [4.69, 9.17) is 9.84 Å². The summed E-state index contributed by atoms with van der Waals surface area (Å²) in [5, 5.41) is 18.2. The summed E-state index contributed by atoms with van der Waals surface area (Å²) >= 11 is 0. The Hall–Kier alpha value is -2.18. The molecule has 0 aliphatic carbocycles. The molecule has 0 spiro atoms. The van der Waals surface area contributed by atoms with E-state index in [9.17, 15) is 23.1 Å². The van der Waals surface area contributed by atoms with E-state index in [0.717, 1.165) is 6.07 Å². The summed E-state index contributed by atoms with van der Waals surface area (Å²) in [6, 6.07) is 3.59. The van der Waals surface area contributed by atoms with Crippen LogP contribution in [0.5, 0.6) is 11.5 Å². The topological polar surface area (TPSA) is 66.8 Å². The van der Waals surface area contributed by atoms with Gasteiger partial charge in [0.15, 0.2) is 0 Å². The molecule has 0 bridgehead atoms. The lowest BCUT2D eigenvalue weighted by atomic mass is 9.93. The minimum Gasteiger partial charge on any atom is -0.508 e. The van der Waals surface area contributed by atoms with Crippen molar-refractivity contribution in [3.63, 3.8) is 0 Å². The fourth-order valence-electron chi connectivity index (χ4n) is 1.95. The Bertz CT molecular complexity index is 575. The molecule has 7 heteroatoms. The number of allylic oxidation sites excluding steroid dienone is 1. The van der Waals surface area contributed by atoms with Crippen LogP contribution in [0.2, 0.25) is 0 Å². The molecule has 1 atom stereocenters. The maximum atomic E-state index is 12.8. The third kappa shape index (κ3) is 2.23. The number of alkyl halides is 3. The zero-order valence-electron chi connectivity index (χ0n) is 9.65. The van der Waals surface area contributed by atoms with Crippen LogP contribution < -0.4 is 4.74 Å². The lowest BCUT2D eigenvalue weighted by Crippen LogP contribution is -2.41. The first kappa shape index (κ1) is 13.3. The Balaban J connectivity index is 2.66. The Morgan fingerprint density at radius 2 is 2.00 bits per heavy atom. The first-order chi connectivity index (χ1) is 8.71. The Morgan fingerprint density at radius 1 is 1.37 bits per heavy atom. The highest BCUT2D eigenvalue weighted by atomic mass is 19.4. The molecular formula is C12H9F3O4. The van der Waals surface area contributed by atoms with Gasteiger partial charge in [-0.15, -0.1) is 0 Å². The molecule has 102 valence electrons. The second-order valence-corrected chi connectivity index (χ2v) is 4.06. The molecule has 1 aliphatic heterocycles. The number of phenols is 1. The van der Waals surface area contributed by atoms with Crippen molar-refractivity contribution in [3.8, 4) is 11.5 Å². The van der Waals surface area contributed by atoms with E-state index in [2.05, 4.69) is 0 Å². The fraction of sp³-hybridized carbons (Fsp3) is 0.250. The first-order valence-corrected chi connectivity index (χ1v) is 5.22. The molecule has 1 aromatic rings. The molecule has 4 nitrogen and oxygen atoms in total. The van der Waals surface area contributed by atoms with Gasteiger partial charge in [0.2, 0.25) is 6.10 Å². The molecule has 0 radical (unpaired) electrons. The molecule has 0 aromatic heterocycles. The van der Waals surface area contributed by atoms with Gasteiger partial charge < -0.3 is 14.9 Å². The van der Waals surface area contributed by atoms with Gasteiger partial charge in [-0.25, -0.2) is 4.79 Å². The summed E-state index contributed by atoms with van der Waals surface area (Å²) in [7, 11) is 0. The summed E-state index contributed by atoms with van der Waals surface area (Å²) in [5.74, 6) is -2.13. The molecule has 0 fully saturated rings. The molecule has 1 aromatic carbocycles. The smallest absolute Gasteiger partial charge is 0.430 e. The van der Waals surface area contributed by atoms with Gasteiger partial charge in [0.25, 0.3) is 0 Å². The molecule has 1 unspecified atom stereocenters. The molecular weight excluding hydrogens is 265 g/mol. The van der Waals surface area contributed by atoms with Crippen LogP contribution in [-0.4, -0.2) is 28.5 Å². The molecule has 0 amide bonds. The van der Waals surface area contributed by atoms with Gasteiger partial charge in [-0.2, -0.15) is 13.2 Å². The number of hydrogen-bond donors (Lipinski definition) is 2. The van der Waals surface area contributed by atoms with Crippen molar-refractivity contribution in [1.82, 2.24) is 0 Å². The van der Waals surface area contributed by atoms with Crippen molar-refractivity contribution in [2.75, 3.05) is 0 Å². The van der Waals surface area contributed by atoms with Crippen LogP contribution in [0, 0.1) is 0 Å². The molecule has 0 saturated heterocycles. The molecule has 2 rings (SSSR count). The van der Waals surface area contributed by atoms with E-state index >= 15 is 0 Å². The lowest BCUT2D eigenvalue weighted by Gasteiger charge is -2.29. The Morgan fingerprint density at radius 3 is 2.53 bits per heavy atom. The minimum absolute atomic E-state index is 0.0314. The van der Waals surface area contributed by atoms with Crippen molar-refractivity contribution in [3.05, 3.63) is 29.3 Å². The standard InChI is InChI=1S/C12H9F3O4/c1-5-7-3-2-6(16)4-8(7)19-10(12(13,14)15)9(5)11(17)18/h2-4,10,16H,1H3,(H,17,18). The normalized spacial score (nSPS) is 18.8. The quantitative estimate of drug-likeness (QED) is 0.826. The minimum atomic E-state index is -4.85. The van der Waals surface area contributed by atoms with Crippen LogP contribution in [0.4, 0.5) is 13.2 Å². The highest BCUT2D eigenvalue weighted by Gasteiger charge is 2.49.